The monoisotopic (exact) mass is 377 g/mol. The number of ether oxygens (including phenoxy) is 2. The minimum atomic E-state index is -0.000789. The summed E-state index contributed by atoms with van der Waals surface area (Å²) < 4.78 is 12.6. The summed E-state index contributed by atoms with van der Waals surface area (Å²) in [7, 11) is 3.28. The first-order chi connectivity index (χ1) is 13.7. The van der Waals surface area contributed by atoms with Gasteiger partial charge in [-0.3, -0.25) is 4.79 Å². The van der Waals surface area contributed by atoms with Crippen molar-refractivity contribution in [2.75, 3.05) is 20.8 Å². The molecule has 6 heteroatoms. The highest BCUT2D eigenvalue weighted by Crippen LogP contribution is 2.39. The van der Waals surface area contributed by atoms with Crippen LogP contribution in [0, 0.1) is 0 Å². The second-order valence-corrected chi connectivity index (χ2v) is 6.76. The van der Waals surface area contributed by atoms with Gasteiger partial charge in [0.2, 0.25) is 0 Å². The number of likely N-dealkylation sites (tertiary alicyclic amines) is 1. The van der Waals surface area contributed by atoms with E-state index in [1.165, 1.54) is 0 Å². The molecule has 0 aliphatic carbocycles. The van der Waals surface area contributed by atoms with E-state index in [-0.39, 0.29) is 11.9 Å². The molecule has 1 aromatic heterocycles. The number of methoxy groups -OCH3 is 2. The van der Waals surface area contributed by atoms with Crippen LogP contribution in [0.1, 0.15) is 34.8 Å². The molecule has 1 saturated heterocycles. The van der Waals surface area contributed by atoms with Crippen molar-refractivity contribution in [2.45, 2.75) is 18.9 Å². The highest BCUT2D eigenvalue weighted by molar-refractivity contribution is 5.95. The summed E-state index contributed by atoms with van der Waals surface area (Å²) in [6.07, 6.45) is 5.50. The number of aromatic nitrogens is 2. The van der Waals surface area contributed by atoms with Gasteiger partial charge in [-0.1, -0.05) is 0 Å². The van der Waals surface area contributed by atoms with Crippen molar-refractivity contribution in [3.63, 3.8) is 0 Å². The van der Waals surface area contributed by atoms with Gasteiger partial charge < -0.3 is 14.4 Å². The largest absolute Gasteiger partial charge is 0.497 e. The molecule has 1 aliphatic heterocycles. The first-order valence-corrected chi connectivity index (χ1v) is 9.34. The fourth-order valence-electron chi connectivity index (χ4n) is 3.77. The molecule has 1 atom stereocenters. The number of nitrogens with zero attached hydrogens (tertiary/aromatic N) is 3. The Hall–Kier alpha value is -3.28. The van der Waals surface area contributed by atoms with Gasteiger partial charge in [0.1, 0.15) is 11.5 Å². The second-order valence-electron chi connectivity index (χ2n) is 6.76. The highest BCUT2D eigenvalue weighted by atomic mass is 16.5. The number of carbonyl (C=O) groups excluding carboxylic acids is 1. The van der Waals surface area contributed by atoms with E-state index in [0.717, 1.165) is 42.1 Å². The first kappa shape index (κ1) is 18.1. The van der Waals surface area contributed by atoms with Crippen LogP contribution in [0.4, 0.5) is 0 Å². The van der Waals surface area contributed by atoms with Gasteiger partial charge in [0.15, 0.2) is 0 Å². The molecule has 4 rings (SSSR count). The molecule has 0 saturated carbocycles. The van der Waals surface area contributed by atoms with Crippen molar-refractivity contribution >= 4 is 5.91 Å². The van der Waals surface area contributed by atoms with Crippen LogP contribution in [0.2, 0.25) is 0 Å². The molecule has 0 unspecified atom stereocenters. The summed E-state index contributed by atoms with van der Waals surface area (Å²) in [5, 5.41) is 4.22. The van der Waals surface area contributed by atoms with Gasteiger partial charge >= 0.3 is 0 Å². The molecule has 3 aromatic rings. The zero-order chi connectivity index (χ0) is 19.5. The van der Waals surface area contributed by atoms with E-state index in [1.54, 1.807) is 25.1 Å². The van der Waals surface area contributed by atoms with Gasteiger partial charge in [-0.05, 0) is 55.3 Å². The lowest BCUT2D eigenvalue weighted by molar-refractivity contribution is 0.0734. The topological polar surface area (TPSA) is 56.6 Å². The van der Waals surface area contributed by atoms with Gasteiger partial charge in [-0.15, -0.1) is 0 Å². The normalized spacial score (nSPS) is 16.2. The SMILES string of the molecule is COc1ccc([C@@H]2CCCN2C(=O)c2ccc(-n3cccn3)cc2)c(OC)c1. The minimum Gasteiger partial charge on any atom is -0.497 e. The second kappa shape index (κ2) is 7.76. The van der Waals surface area contributed by atoms with Crippen LogP contribution >= 0.6 is 0 Å². The minimum absolute atomic E-state index is 0.000789. The third-order valence-corrected chi connectivity index (χ3v) is 5.20. The van der Waals surface area contributed by atoms with E-state index in [0.29, 0.717) is 5.56 Å². The van der Waals surface area contributed by atoms with Gasteiger partial charge in [0.25, 0.3) is 5.91 Å². The average Bonchev–Trinajstić information content (AvgIpc) is 3.45. The summed E-state index contributed by atoms with van der Waals surface area (Å²) in [6.45, 7) is 0.736. The molecule has 0 spiro atoms. The van der Waals surface area contributed by atoms with Crippen LogP contribution < -0.4 is 9.47 Å². The Bertz CT molecular complexity index is 952. The molecule has 28 heavy (non-hydrogen) atoms. The molecule has 0 N–H and O–H groups in total. The van der Waals surface area contributed by atoms with Crippen molar-refractivity contribution in [3.8, 4) is 17.2 Å². The Kier molecular flexibility index (Phi) is 5.02. The van der Waals surface area contributed by atoms with Crippen LogP contribution in [-0.4, -0.2) is 41.4 Å². The van der Waals surface area contributed by atoms with Crippen LogP contribution in [-0.2, 0) is 0 Å². The lowest BCUT2D eigenvalue weighted by Crippen LogP contribution is -2.30. The van der Waals surface area contributed by atoms with Crippen molar-refractivity contribution in [3.05, 3.63) is 72.1 Å². The maximum atomic E-state index is 13.2. The standard InChI is InChI=1S/C22H23N3O3/c1-27-18-10-11-19(21(15-18)28-2)20-5-3-13-24(20)22(26)16-6-8-17(9-7-16)25-14-4-12-23-25/h4,6-12,14-15,20H,3,5,13H2,1-2H3/t20-/m0/s1. The summed E-state index contributed by atoms with van der Waals surface area (Å²) in [5.74, 6) is 1.52. The van der Waals surface area contributed by atoms with Crippen LogP contribution in [0.5, 0.6) is 11.5 Å². The smallest absolute Gasteiger partial charge is 0.254 e. The van der Waals surface area contributed by atoms with E-state index < -0.39 is 0 Å². The molecule has 1 aliphatic rings. The van der Waals surface area contributed by atoms with Crippen molar-refractivity contribution in [1.29, 1.82) is 0 Å². The van der Waals surface area contributed by atoms with Gasteiger partial charge in [-0.25, -0.2) is 4.68 Å². The first-order valence-electron chi connectivity index (χ1n) is 9.34. The number of carbonyl (C=O) groups is 1. The zero-order valence-electron chi connectivity index (χ0n) is 16.0. The molecular formula is C22H23N3O3. The van der Waals surface area contributed by atoms with E-state index in [4.69, 9.17) is 9.47 Å². The third-order valence-electron chi connectivity index (χ3n) is 5.20. The molecule has 1 fully saturated rings. The number of rotatable bonds is 5. The number of benzene rings is 2. The zero-order valence-corrected chi connectivity index (χ0v) is 16.0. The Morgan fingerprint density at radius 1 is 1.11 bits per heavy atom. The molecule has 0 bridgehead atoms. The third kappa shape index (κ3) is 3.33. The Labute approximate surface area is 164 Å². The molecule has 2 heterocycles. The summed E-state index contributed by atoms with van der Waals surface area (Å²) in [6, 6.07) is 15.2. The quantitative estimate of drug-likeness (QED) is 0.677. The molecular weight excluding hydrogens is 354 g/mol. The summed E-state index contributed by atoms with van der Waals surface area (Å²) in [4.78, 5) is 15.1. The Morgan fingerprint density at radius 2 is 1.93 bits per heavy atom. The van der Waals surface area contributed by atoms with E-state index >= 15 is 0 Å². The molecule has 1 amide bonds. The number of hydrogen-bond acceptors (Lipinski definition) is 4. The van der Waals surface area contributed by atoms with E-state index in [1.807, 2.05) is 59.6 Å². The summed E-state index contributed by atoms with van der Waals surface area (Å²) in [5.41, 5.74) is 2.62. The van der Waals surface area contributed by atoms with Crippen molar-refractivity contribution in [1.82, 2.24) is 14.7 Å². The molecule has 2 aromatic carbocycles. The number of hydrogen-bond donors (Lipinski definition) is 0. The Morgan fingerprint density at radius 3 is 2.61 bits per heavy atom. The lowest BCUT2D eigenvalue weighted by Gasteiger charge is -2.26. The van der Waals surface area contributed by atoms with Gasteiger partial charge in [0.05, 0.1) is 25.9 Å². The predicted molar refractivity (Wildman–Crippen MR) is 106 cm³/mol. The van der Waals surface area contributed by atoms with Crippen LogP contribution in [0.25, 0.3) is 5.69 Å². The maximum absolute atomic E-state index is 13.2. The lowest BCUT2D eigenvalue weighted by atomic mass is 10.0. The highest BCUT2D eigenvalue weighted by Gasteiger charge is 2.32. The fraction of sp³-hybridized carbons (Fsp3) is 0.273. The number of amides is 1. The molecule has 0 radical (unpaired) electrons. The average molecular weight is 377 g/mol. The Balaban J connectivity index is 1.59. The fourth-order valence-corrected chi connectivity index (χ4v) is 3.77. The maximum Gasteiger partial charge on any atom is 0.254 e. The van der Waals surface area contributed by atoms with Crippen LogP contribution in [0.3, 0.4) is 0 Å². The molecule has 144 valence electrons. The van der Waals surface area contributed by atoms with E-state index in [2.05, 4.69) is 5.10 Å². The van der Waals surface area contributed by atoms with Gasteiger partial charge in [-0.2, -0.15) is 5.10 Å². The summed E-state index contributed by atoms with van der Waals surface area (Å²) >= 11 is 0. The van der Waals surface area contributed by atoms with E-state index in [9.17, 15) is 4.79 Å². The van der Waals surface area contributed by atoms with Crippen molar-refractivity contribution in [2.24, 2.45) is 0 Å². The predicted octanol–water partition coefficient (Wildman–Crippen LogP) is 3.87. The van der Waals surface area contributed by atoms with Gasteiger partial charge in [0, 0.05) is 36.1 Å². The molecule has 6 nitrogen and oxygen atoms in total. The van der Waals surface area contributed by atoms with Crippen LogP contribution in [0.15, 0.2) is 60.9 Å². The van der Waals surface area contributed by atoms with Crippen molar-refractivity contribution < 1.29 is 14.3 Å².